The van der Waals surface area contributed by atoms with E-state index in [0.717, 1.165) is 0 Å². The molecule has 0 aliphatic carbocycles. The van der Waals surface area contributed by atoms with Crippen molar-refractivity contribution < 1.29 is 9.34 Å². The van der Waals surface area contributed by atoms with Gasteiger partial charge in [0.15, 0.2) is 5.76 Å². The van der Waals surface area contributed by atoms with Crippen LogP contribution in [0.3, 0.4) is 0 Å². The first kappa shape index (κ1) is 10.7. The van der Waals surface area contributed by atoms with Crippen LogP contribution < -0.4 is 5.73 Å². The van der Waals surface area contributed by atoms with Gasteiger partial charge in [-0.05, 0) is 6.07 Å². The van der Waals surface area contributed by atoms with E-state index >= 15 is 0 Å². The fourth-order valence-corrected chi connectivity index (χ4v) is 1.37. The van der Waals surface area contributed by atoms with Crippen LogP contribution in [0.4, 0.5) is 11.7 Å². The molecule has 0 aliphatic heterocycles. The molecule has 0 aromatic carbocycles. The van der Waals surface area contributed by atoms with Crippen molar-refractivity contribution in [2.75, 3.05) is 5.73 Å². The predicted molar refractivity (Wildman–Crippen MR) is 56.7 cm³/mol. The first-order valence-electron chi connectivity index (χ1n) is 4.51. The summed E-state index contributed by atoms with van der Waals surface area (Å²) in [5.41, 5.74) is 5.95. The SMILES string of the molecule is Cn1nc(-c2ccc([N+](=O)[O-])o2)c(C#N)c1N. The van der Waals surface area contributed by atoms with Crippen molar-refractivity contribution >= 4 is 11.7 Å². The second-order valence-corrected chi connectivity index (χ2v) is 3.24. The van der Waals surface area contributed by atoms with Crippen LogP contribution in [-0.4, -0.2) is 14.7 Å². The van der Waals surface area contributed by atoms with E-state index < -0.39 is 10.8 Å². The standard InChI is InChI=1S/C9H7N5O3/c1-13-9(11)5(4-10)8(12-13)6-2-3-7(17-6)14(15)16/h2-3H,11H2,1H3. The number of nitriles is 1. The number of nitrogen functional groups attached to an aromatic ring is 1. The van der Waals surface area contributed by atoms with Gasteiger partial charge in [-0.3, -0.25) is 14.8 Å². The van der Waals surface area contributed by atoms with Crippen LogP contribution in [0, 0.1) is 21.4 Å². The number of furan rings is 1. The minimum atomic E-state index is -0.665. The van der Waals surface area contributed by atoms with Crippen molar-refractivity contribution in [2.24, 2.45) is 7.05 Å². The second kappa shape index (κ2) is 3.64. The lowest BCUT2D eigenvalue weighted by Crippen LogP contribution is -1.97. The van der Waals surface area contributed by atoms with E-state index in [-0.39, 0.29) is 22.8 Å². The molecule has 0 amide bonds. The molecule has 8 nitrogen and oxygen atoms in total. The number of rotatable bonds is 2. The van der Waals surface area contributed by atoms with Crippen LogP contribution in [-0.2, 0) is 7.05 Å². The molecule has 0 unspecified atom stereocenters. The van der Waals surface area contributed by atoms with Gasteiger partial charge in [0.25, 0.3) is 0 Å². The van der Waals surface area contributed by atoms with E-state index in [4.69, 9.17) is 15.4 Å². The van der Waals surface area contributed by atoms with Crippen LogP contribution in [0.15, 0.2) is 16.5 Å². The number of nitro groups is 1. The molecule has 0 aliphatic rings. The Hall–Kier alpha value is -2.82. The molecule has 0 bridgehead atoms. The maximum Gasteiger partial charge on any atom is 0.433 e. The maximum atomic E-state index is 10.5. The highest BCUT2D eigenvalue weighted by Gasteiger charge is 2.21. The van der Waals surface area contributed by atoms with Gasteiger partial charge in [0.05, 0.1) is 6.07 Å². The van der Waals surface area contributed by atoms with E-state index in [1.807, 2.05) is 6.07 Å². The minimum Gasteiger partial charge on any atom is -0.399 e. The summed E-state index contributed by atoms with van der Waals surface area (Å²) >= 11 is 0. The van der Waals surface area contributed by atoms with E-state index in [9.17, 15) is 10.1 Å². The molecule has 8 heteroatoms. The number of nitrogens with zero attached hydrogens (tertiary/aromatic N) is 4. The van der Waals surface area contributed by atoms with Gasteiger partial charge in [-0.1, -0.05) is 0 Å². The van der Waals surface area contributed by atoms with Crippen LogP contribution in [0.5, 0.6) is 0 Å². The van der Waals surface area contributed by atoms with Gasteiger partial charge in [0.2, 0.25) is 0 Å². The quantitative estimate of drug-likeness (QED) is 0.610. The van der Waals surface area contributed by atoms with Crippen LogP contribution >= 0.6 is 0 Å². The molecule has 0 atom stereocenters. The Morgan fingerprint density at radius 3 is 2.88 bits per heavy atom. The van der Waals surface area contributed by atoms with Crippen molar-refractivity contribution in [3.8, 4) is 17.5 Å². The number of aryl methyl sites for hydroxylation is 1. The zero-order chi connectivity index (χ0) is 12.6. The van der Waals surface area contributed by atoms with Gasteiger partial charge in [-0.25, -0.2) is 0 Å². The summed E-state index contributed by atoms with van der Waals surface area (Å²) < 4.78 is 6.27. The maximum absolute atomic E-state index is 10.5. The Bertz CT molecular complexity index is 634. The van der Waals surface area contributed by atoms with E-state index in [1.165, 1.54) is 16.8 Å². The monoisotopic (exact) mass is 233 g/mol. The van der Waals surface area contributed by atoms with E-state index in [0.29, 0.717) is 0 Å². The average Bonchev–Trinajstić information content (AvgIpc) is 2.85. The second-order valence-electron chi connectivity index (χ2n) is 3.24. The minimum absolute atomic E-state index is 0.136. The zero-order valence-electron chi connectivity index (χ0n) is 8.75. The molecule has 2 aromatic rings. The van der Waals surface area contributed by atoms with Crippen molar-refractivity contribution in [3.05, 3.63) is 27.8 Å². The predicted octanol–water partition coefficient (Wildman–Crippen LogP) is 1.04. The van der Waals surface area contributed by atoms with Gasteiger partial charge in [0, 0.05) is 7.05 Å². The molecule has 86 valence electrons. The van der Waals surface area contributed by atoms with Gasteiger partial charge in [0.1, 0.15) is 28.1 Å². The molecule has 0 saturated carbocycles. The Labute approximate surface area is 95.0 Å². The Kier molecular flexibility index (Phi) is 2.29. The van der Waals surface area contributed by atoms with E-state index in [1.54, 1.807) is 7.05 Å². The number of nitrogens with two attached hydrogens (primary N) is 1. The summed E-state index contributed by atoms with van der Waals surface area (Å²) in [7, 11) is 1.57. The molecule has 0 spiro atoms. The number of hydrogen-bond acceptors (Lipinski definition) is 6. The third-order valence-corrected chi connectivity index (χ3v) is 2.21. The topological polar surface area (TPSA) is 124 Å². The average molecular weight is 233 g/mol. The molecule has 0 fully saturated rings. The fourth-order valence-electron chi connectivity index (χ4n) is 1.37. The molecule has 0 radical (unpaired) electrons. The molecule has 2 N–H and O–H groups in total. The van der Waals surface area contributed by atoms with Gasteiger partial charge in [-0.2, -0.15) is 10.4 Å². The van der Waals surface area contributed by atoms with Gasteiger partial charge >= 0.3 is 5.88 Å². The summed E-state index contributed by atoms with van der Waals surface area (Å²) in [4.78, 5) is 9.80. The lowest BCUT2D eigenvalue weighted by molar-refractivity contribution is -0.401. The van der Waals surface area contributed by atoms with Gasteiger partial charge in [-0.15, -0.1) is 0 Å². The van der Waals surface area contributed by atoms with E-state index in [2.05, 4.69) is 5.10 Å². The first-order valence-corrected chi connectivity index (χ1v) is 4.51. The van der Waals surface area contributed by atoms with Crippen molar-refractivity contribution in [1.82, 2.24) is 9.78 Å². The third-order valence-electron chi connectivity index (χ3n) is 2.21. The molecule has 0 saturated heterocycles. The van der Waals surface area contributed by atoms with Crippen LogP contribution in [0.2, 0.25) is 0 Å². The van der Waals surface area contributed by atoms with Crippen LogP contribution in [0.1, 0.15) is 5.56 Å². The Morgan fingerprint density at radius 1 is 1.65 bits per heavy atom. The largest absolute Gasteiger partial charge is 0.433 e. The molecule has 2 aromatic heterocycles. The first-order chi connectivity index (χ1) is 8.04. The zero-order valence-corrected chi connectivity index (χ0v) is 8.75. The van der Waals surface area contributed by atoms with Crippen molar-refractivity contribution in [2.45, 2.75) is 0 Å². The van der Waals surface area contributed by atoms with Crippen LogP contribution in [0.25, 0.3) is 11.5 Å². The highest BCUT2D eigenvalue weighted by molar-refractivity contribution is 5.69. The summed E-state index contributed by atoms with van der Waals surface area (Å²) in [5.74, 6) is -0.0878. The number of aromatic nitrogens is 2. The summed E-state index contributed by atoms with van der Waals surface area (Å²) in [6.45, 7) is 0. The summed E-state index contributed by atoms with van der Waals surface area (Å²) in [6.07, 6.45) is 0. The molecular weight excluding hydrogens is 226 g/mol. The Morgan fingerprint density at radius 2 is 2.35 bits per heavy atom. The molecule has 2 rings (SSSR count). The highest BCUT2D eigenvalue weighted by Crippen LogP contribution is 2.29. The molecule has 2 heterocycles. The number of hydrogen-bond donors (Lipinski definition) is 1. The number of anilines is 1. The lowest BCUT2D eigenvalue weighted by atomic mass is 10.2. The smallest absolute Gasteiger partial charge is 0.399 e. The lowest BCUT2D eigenvalue weighted by Gasteiger charge is -1.89. The highest BCUT2D eigenvalue weighted by atomic mass is 16.6. The normalized spacial score (nSPS) is 10.1. The molecular formula is C9H7N5O3. The summed E-state index contributed by atoms with van der Waals surface area (Å²) in [5, 5.41) is 23.4. The van der Waals surface area contributed by atoms with Crippen molar-refractivity contribution in [1.29, 1.82) is 5.26 Å². The van der Waals surface area contributed by atoms with Gasteiger partial charge < -0.3 is 10.2 Å². The summed E-state index contributed by atoms with van der Waals surface area (Å²) in [6, 6.07) is 4.46. The Balaban J connectivity index is 2.57. The third kappa shape index (κ3) is 1.59. The fraction of sp³-hybridized carbons (Fsp3) is 0.111. The molecule has 17 heavy (non-hydrogen) atoms. The van der Waals surface area contributed by atoms with Crippen molar-refractivity contribution in [3.63, 3.8) is 0 Å².